The van der Waals surface area contributed by atoms with Crippen LogP contribution in [-0.4, -0.2) is 25.8 Å². The molecular formula is C25H21Br2FN2O4. The lowest BCUT2D eigenvalue weighted by Crippen LogP contribution is -2.17. The Kier molecular flexibility index (Phi) is 9.24. The zero-order chi connectivity index (χ0) is 24.5. The van der Waals surface area contributed by atoms with E-state index in [2.05, 4.69) is 49.0 Å². The first-order chi connectivity index (χ1) is 16.4. The summed E-state index contributed by atoms with van der Waals surface area (Å²) in [5.74, 6) is 0.843. The molecule has 0 aliphatic carbocycles. The molecule has 1 N–H and O–H groups in total. The van der Waals surface area contributed by atoms with Gasteiger partial charge in [-0.3, -0.25) is 4.79 Å². The van der Waals surface area contributed by atoms with Crippen LogP contribution in [0.15, 0.2) is 81.3 Å². The van der Waals surface area contributed by atoms with Gasteiger partial charge in [0.1, 0.15) is 24.8 Å². The van der Waals surface area contributed by atoms with Crippen molar-refractivity contribution in [3.05, 3.63) is 98.7 Å². The number of rotatable bonds is 10. The molecule has 0 aliphatic rings. The Hall–Kier alpha value is -3.17. The van der Waals surface area contributed by atoms with Crippen molar-refractivity contribution in [1.82, 2.24) is 5.43 Å². The van der Waals surface area contributed by atoms with Gasteiger partial charge in [-0.1, -0.05) is 24.8 Å². The first-order valence-corrected chi connectivity index (χ1v) is 11.6. The second kappa shape index (κ2) is 12.3. The summed E-state index contributed by atoms with van der Waals surface area (Å²) in [7, 11) is 1.50. The molecule has 0 aromatic heterocycles. The maximum absolute atomic E-state index is 13.1. The SMILES string of the molecule is C=CCOc1ccc(C(=O)N/N=C/c2cc(Br)c(OCc3ccc(F)cc3)c(Br)c2)cc1OC. The average Bonchev–Trinajstić information content (AvgIpc) is 2.83. The number of ether oxygens (including phenoxy) is 3. The van der Waals surface area contributed by atoms with E-state index in [-0.39, 0.29) is 12.4 Å². The fraction of sp³-hybridized carbons (Fsp3) is 0.120. The molecule has 0 saturated heterocycles. The summed E-state index contributed by atoms with van der Waals surface area (Å²) in [5.41, 5.74) is 4.42. The fourth-order valence-electron chi connectivity index (χ4n) is 2.83. The van der Waals surface area contributed by atoms with Crippen LogP contribution in [0.3, 0.4) is 0 Å². The van der Waals surface area contributed by atoms with Gasteiger partial charge in [-0.05, 0) is 85.5 Å². The molecule has 0 aliphatic heterocycles. The summed E-state index contributed by atoms with van der Waals surface area (Å²) in [4.78, 5) is 12.5. The third-order valence-electron chi connectivity index (χ3n) is 4.48. The normalized spacial score (nSPS) is 10.7. The molecule has 3 aromatic rings. The first-order valence-electron chi connectivity index (χ1n) is 10.0. The van der Waals surface area contributed by atoms with E-state index in [1.54, 1.807) is 48.5 Å². The van der Waals surface area contributed by atoms with Crippen molar-refractivity contribution < 1.29 is 23.4 Å². The minimum absolute atomic E-state index is 0.280. The van der Waals surface area contributed by atoms with Gasteiger partial charge < -0.3 is 14.2 Å². The van der Waals surface area contributed by atoms with E-state index < -0.39 is 5.91 Å². The van der Waals surface area contributed by atoms with Gasteiger partial charge in [-0.25, -0.2) is 9.82 Å². The molecule has 0 unspecified atom stereocenters. The number of amides is 1. The maximum Gasteiger partial charge on any atom is 0.271 e. The van der Waals surface area contributed by atoms with Gasteiger partial charge in [0.25, 0.3) is 5.91 Å². The lowest BCUT2D eigenvalue weighted by Gasteiger charge is -2.11. The van der Waals surface area contributed by atoms with E-state index in [0.717, 1.165) is 11.1 Å². The Morgan fingerprint density at radius 2 is 1.76 bits per heavy atom. The number of hydrogen-bond donors (Lipinski definition) is 1. The Labute approximate surface area is 213 Å². The van der Waals surface area contributed by atoms with Crippen molar-refractivity contribution >= 4 is 44.0 Å². The third kappa shape index (κ3) is 6.91. The molecule has 0 radical (unpaired) electrons. The van der Waals surface area contributed by atoms with Gasteiger partial charge in [0, 0.05) is 5.56 Å². The predicted molar refractivity (Wildman–Crippen MR) is 136 cm³/mol. The molecule has 0 saturated carbocycles. The number of hydrazone groups is 1. The summed E-state index contributed by atoms with van der Waals surface area (Å²) in [5, 5.41) is 4.03. The lowest BCUT2D eigenvalue weighted by atomic mass is 10.2. The highest BCUT2D eigenvalue weighted by atomic mass is 79.9. The van der Waals surface area contributed by atoms with Crippen molar-refractivity contribution in [3.8, 4) is 17.2 Å². The lowest BCUT2D eigenvalue weighted by molar-refractivity contribution is 0.0954. The average molecular weight is 592 g/mol. The zero-order valence-corrected chi connectivity index (χ0v) is 21.4. The van der Waals surface area contributed by atoms with Crippen LogP contribution in [0.1, 0.15) is 21.5 Å². The van der Waals surface area contributed by atoms with Crippen LogP contribution in [0.4, 0.5) is 4.39 Å². The Bertz CT molecular complexity index is 1180. The standard InChI is InChI=1S/C25H21Br2FN2O4/c1-3-10-33-22-9-6-18(13-23(22)32-2)25(31)30-29-14-17-11-20(26)24(21(27)12-17)34-15-16-4-7-19(28)8-5-16/h3-9,11-14H,1,10,15H2,2H3,(H,30,31)/b29-14+. The first kappa shape index (κ1) is 25.5. The van der Waals surface area contributed by atoms with Crippen LogP contribution in [0.5, 0.6) is 17.2 Å². The summed E-state index contributed by atoms with van der Waals surface area (Å²) < 4.78 is 31.1. The summed E-state index contributed by atoms with van der Waals surface area (Å²) >= 11 is 6.97. The highest BCUT2D eigenvalue weighted by Gasteiger charge is 2.12. The van der Waals surface area contributed by atoms with E-state index in [1.807, 2.05) is 0 Å². The minimum atomic E-state index is -0.401. The number of halogens is 3. The largest absolute Gasteiger partial charge is 0.493 e. The molecule has 9 heteroatoms. The summed E-state index contributed by atoms with van der Waals surface area (Å²) in [6.45, 7) is 4.21. The molecule has 3 aromatic carbocycles. The van der Waals surface area contributed by atoms with Crippen LogP contribution in [0.25, 0.3) is 0 Å². The molecule has 0 spiro atoms. The van der Waals surface area contributed by atoms with Crippen molar-refractivity contribution in [1.29, 1.82) is 0 Å². The third-order valence-corrected chi connectivity index (χ3v) is 5.66. The number of hydrogen-bond acceptors (Lipinski definition) is 5. The predicted octanol–water partition coefficient (Wildman–Crippen LogP) is 6.27. The van der Waals surface area contributed by atoms with Crippen molar-refractivity contribution in [3.63, 3.8) is 0 Å². The smallest absolute Gasteiger partial charge is 0.271 e. The maximum atomic E-state index is 13.1. The Morgan fingerprint density at radius 1 is 1.06 bits per heavy atom. The minimum Gasteiger partial charge on any atom is -0.493 e. The van der Waals surface area contributed by atoms with E-state index in [9.17, 15) is 9.18 Å². The number of methoxy groups -OCH3 is 1. The van der Waals surface area contributed by atoms with Gasteiger partial charge in [0.15, 0.2) is 11.5 Å². The Balaban J connectivity index is 1.63. The fourth-order valence-corrected chi connectivity index (χ4v) is 4.29. The quantitative estimate of drug-likeness (QED) is 0.171. The van der Waals surface area contributed by atoms with E-state index in [4.69, 9.17) is 14.2 Å². The monoisotopic (exact) mass is 590 g/mol. The molecular weight excluding hydrogens is 571 g/mol. The van der Waals surface area contributed by atoms with Crippen LogP contribution in [0, 0.1) is 5.82 Å². The van der Waals surface area contributed by atoms with Crippen molar-refractivity contribution in [2.45, 2.75) is 6.61 Å². The van der Waals surface area contributed by atoms with Crippen molar-refractivity contribution in [2.24, 2.45) is 5.10 Å². The highest BCUT2D eigenvalue weighted by Crippen LogP contribution is 2.35. The molecule has 6 nitrogen and oxygen atoms in total. The highest BCUT2D eigenvalue weighted by molar-refractivity contribution is 9.11. The molecule has 0 fully saturated rings. The topological polar surface area (TPSA) is 69.2 Å². The van der Waals surface area contributed by atoms with Crippen molar-refractivity contribution in [2.75, 3.05) is 13.7 Å². The number of carbonyl (C=O) groups excluding carboxylic acids is 1. The van der Waals surface area contributed by atoms with Gasteiger partial charge in [0.2, 0.25) is 0 Å². The van der Waals surface area contributed by atoms with Gasteiger partial charge in [-0.2, -0.15) is 5.10 Å². The molecule has 0 heterocycles. The molecule has 0 atom stereocenters. The number of nitrogens with one attached hydrogen (secondary N) is 1. The number of carbonyl (C=O) groups is 1. The molecule has 1 amide bonds. The van der Waals surface area contributed by atoms with E-state index in [0.29, 0.717) is 38.4 Å². The number of nitrogens with zero attached hydrogens (tertiary/aromatic N) is 1. The second-order valence-corrected chi connectivity index (χ2v) is 8.60. The van der Waals surface area contributed by atoms with Gasteiger partial charge >= 0.3 is 0 Å². The molecule has 0 bridgehead atoms. The van der Waals surface area contributed by atoms with Crippen LogP contribution in [0.2, 0.25) is 0 Å². The molecule has 3 rings (SSSR count). The summed E-state index contributed by atoms with van der Waals surface area (Å²) in [6.07, 6.45) is 3.13. The zero-order valence-electron chi connectivity index (χ0n) is 18.2. The van der Waals surface area contributed by atoms with E-state index >= 15 is 0 Å². The molecule has 176 valence electrons. The number of benzene rings is 3. The Morgan fingerprint density at radius 3 is 2.41 bits per heavy atom. The van der Waals surface area contributed by atoms with Crippen LogP contribution < -0.4 is 19.6 Å². The van der Waals surface area contributed by atoms with Gasteiger partial charge in [0.05, 0.1) is 22.3 Å². The van der Waals surface area contributed by atoms with E-state index in [1.165, 1.54) is 25.5 Å². The summed E-state index contributed by atoms with van der Waals surface area (Å²) in [6, 6.07) is 14.5. The molecule has 34 heavy (non-hydrogen) atoms. The van der Waals surface area contributed by atoms with Gasteiger partial charge in [-0.15, -0.1) is 0 Å². The van der Waals surface area contributed by atoms with Crippen LogP contribution in [-0.2, 0) is 6.61 Å². The van der Waals surface area contributed by atoms with Crippen LogP contribution >= 0.6 is 31.9 Å². The second-order valence-electron chi connectivity index (χ2n) is 6.89.